The molecule has 6 nitrogen and oxygen atoms in total. The normalized spacial score (nSPS) is 13.4. The van der Waals surface area contributed by atoms with Crippen molar-refractivity contribution in [2.24, 2.45) is 0 Å². The van der Waals surface area contributed by atoms with E-state index in [0.29, 0.717) is 12.5 Å². The van der Waals surface area contributed by atoms with E-state index in [4.69, 9.17) is 0 Å². The lowest BCUT2D eigenvalue weighted by atomic mass is 10.1. The fourth-order valence-electron chi connectivity index (χ4n) is 8.31. The highest BCUT2D eigenvalue weighted by atomic mass is 16.2. The van der Waals surface area contributed by atoms with Crippen LogP contribution in [0.2, 0.25) is 0 Å². The Morgan fingerprint density at radius 2 is 0.754 bits per heavy atom. The van der Waals surface area contributed by atoms with Gasteiger partial charge in [0.2, 0.25) is 5.91 Å². The largest absolute Gasteiger partial charge is 0.339 e. The fourth-order valence-corrected chi connectivity index (χ4v) is 8.31. The summed E-state index contributed by atoms with van der Waals surface area (Å²) in [4.78, 5) is 25.3. The highest BCUT2D eigenvalue weighted by Gasteiger charge is 2.21. The minimum Gasteiger partial charge on any atom is -0.339 e. The van der Waals surface area contributed by atoms with Gasteiger partial charge in [-0.2, -0.15) is 0 Å². The second-order valence-corrected chi connectivity index (χ2v) is 18.9. The molecule has 0 aliphatic carbocycles. The van der Waals surface area contributed by atoms with Gasteiger partial charge in [0.05, 0.1) is 6.54 Å². The molecule has 6 heteroatoms. The van der Waals surface area contributed by atoms with E-state index >= 15 is 0 Å². The van der Waals surface area contributed by atoms with Crippen molar-refractivity contribution in [3.8, 4) is 0 Å². The Morgan fingerprint density at radius 1 is 0.415 bits per heavy atom. The Balaban J connectivity index is 0. The van der Waals surface area contributed by atoms with Gasteiger partial charge in [-0.25, -0.2) is 0 Å². The molecule has 0 aromatic carbocycles. The van der Waals surface area contributed by atoms with Crippen LogP contribution in [0.3, 0.4) is 0 Å². The molecule has 0 saturated carbocycles. The number of hydrogen-bond acceptors (Lipinski definition) is 5. The van der Waals surface area contributed by atoms with Crippen LogP contribution in [0.15, 0.2) is 49.1 Å². The second-order valence-electron chi connectivity index (χ2n) is 18.9. The summed E-state index contributed by atoms with van der Waals surface area (Å²) in [5, 5.41) is 0. The van der Waals surface area contributed by atoms with E-state index in [0.717, 1.165) is 84.7 Å². The van der Waals surface area contributed by atoms with Crippen LogP contribution < -0.4 is 0 Å². The monoisotopic (exact) mass is 912 g/mol. The Morgan fingerprint density at radius 3 is 1.15 bits per heavy atom. The third-order valence-electron chi connectivity index (χ3n) is 12.7. The summed E-state index contributed by atoms with van der Waals surface area (Å²) in [5.74, 6) is 0.307. The zero-order valence-electron chi connectivity index (χ0n) is 45.6. The van der Waals surface area contributed by atoms with Gasteiger partial charge >= 0.3 is 0 Å². The smallest absolute Gasteiger partial charge is 0.236 e. The molecule has 384 valence electrons. The van der Waals surface area contributed by atoms with E-state index in [1.807, 2.05) is 13.8 Å². The van der Waals surface area contributed by atoms with Gasteiger partial charge in [0, 0.05) is 65.4 Å². The number of rotatable bonds is 44. The molecule has 0 atom stereocenters. The molecule has 0 aromatic heterocycles. The van der Waals surface area contributed by atoms with Crippen molar-refractivity contribution in [2.75, 3.05) is 92.1 Å². The molecule has 1 rings (SSSR count). The lowest BCUT2D eigenvalue weighted by molar-refractivity contribution is -0.134. The highest BCUT2D eigenvalue weighted by molar-refractivity contribution is 5.78. The first kappa shape index (κ1) is 65.4. The van der Waals surface area contributed by atoms with E-state index in [-0.39, 0.29) is 0 Å². The number of unbranched alkanes of at least 4 members (excludes halogenated alkanes) is 21. The van der Waals surface area contributed by atoms with Gasteiger partial charge in [-0.3, -0.25) is 14.6 Å². The molecule has 0 N–H and O–H groups in total. The number of allylic oxidation sites excluding steroid dienone is 3. The summed E-state index contributed by atoms with van der Waals surface area (Å²) in [6, 6.07) is 0. The van der Waals surface area contributed by atoms with Crippen molar-refractivity contribution in [2.45, 2.75) is 235 Å². The summed E-state index contributed by atoms with van der Waals surface area (Å²) < 4.78 is 0. The van der Waals surface area contributed by atoms with E-state index in [1.165, 1.54) is 180 Å². The third-order valence-corrected chi connectivity index (χ3v) is 12.7. The first-order valence-corrected chi connectivity index (χ1v) is 28.6. The number of amides is 1. The van der Waals surface area contributed by atoms with Crippen molar-refractivity contribution < 1.29 is 4.79 Å². The lowest BCUT2D eigenvalue weighted by Crippen LogP contribution is -2.50. The minimum absolute atomic E-state index is 0.307. The third kappa shape index (κ3) is 47.1. The molecule has 0 radical (unpaired) electrons. The predicted molar refractivity (Wildman–Crippen MR) is 295 cm³/mol. The zero-order chi connectivity index (χ0) is 48.1. The van der Waals surface area contributed by atoms with Crippen LogP contribution in [0.25, 0.3) is 0 Å². The van der Waals surface area contributed by atoms with Crippen molar-refractivity contribution in [1.82, 2.24) is 24.5 Å². The van der Waals surface area contributed by atoms with Crippen LogP contribution in [0, 0.1) is 0 Å². The van der Waals surface area contributed by atoms with Crippen LogP contribution >= 0.6 is 0 Å². The Hall–Kier alpha value is -1.73. The second kappa shape index (κ2) is 54.9. The number of nitrogens with zero attached hydrogens (tertiary/aromatic N) is 5. The van der Waals surface area contributed by atoms with E-state index in [9.17, 15) is 4.79 Å². The molecule has 1 saturated heterocycles. The van der Waals surface area contributed by atoms with E-state index in [1.54, 1.807) is 0 Å². The predicted octanol–water partition coefficient (Wildman–Crippen LogP) is 15.9. The van der Waals surface area contributed by atoms with Crippen molar-refractivity contribution in [3.63, 3.8) is 0 Å². The molecule has 1 heterocycles. The van der Waals surface area contributed by atoms with Gasteiger partial charge in [0.25, 0.3) is 0 Å². The van der Waals surface area contributed by atoms with E-state index < -0.39 is 0 Å². The molecule has 1 aliphatic heterocycles. The van der Waals surface area contributed by atoms with Crippen molar-refractivity contribution in [3.05, 3.63) is 49.1 Å². The van der Waals surface area contributed by atoms with Gasteiger partial charge in [-0.1, -0.05) is 207 Å². The zero-order valence-corrected chi connectivity index (χ0v) is 45.6. The van der Waals surface area contributed by atoms with Gasteiger partial charge in [-0.15, -0.1) is 6.58 Å². The van der Waals surface area contributed by atoms with Gasteiger partial charge < -0.3 is 14.7 Å². The average molecular weight is 913 g/mol. The van der Waals surface area contributed by atoms with Crippen LogP contribution in [0.5, 0.6) is 0 Å². The fraction of sp³-hybridized carbons (Fsp3) is 0.847. The molecule has 65 heavy (non-hydrogen) atoms. The molecule has 0 spiro atoms. The summed E-state index contributed by atoms with van der Waals surface area (Å²) in [6.45, 7) is 32.3. The lowest BCUT2D eigenvalue weighted by Gasteiger charge is -2.34. The maximum absolute atomic E-state index is 13.2. The minimum atomic E-state index is 0.307. The number of carbonyl (C=O) groups excluding carboxylic acids is 1. The van der Waals surface area contributed by atoms with E-state index in [2.05, 4.69) is 115 Å². The first-order valence-electron chi connectivity index (χ1n) is 28.6. The summed E-state index contributed by atoms with van der Waals surface area (Å²) >= 11 is 0. The van der Waals surface area contributed by atoms with Crippen LogP contribution in [-0.4, -0.2) is 123 Å². The van der Waals surface area contributed by atoms with Gasteiger partial charge in [0.15, 0.2) is 0 Å². The molecular formula is C59H117N5O. The number of piperazine rings is 1. The maximum Gasteiger partial charge on any atom is 0.236 e. The Bertz CT molecular complexity index is 992. The number of hydrogen-bond donors (Lipinski definition) is 0. The Labute approximate surface area is 409 Å². The molecule has 0 bridgehead atoms. The maximum atomic E-state index is 13.2. The van der Waals surface area contributed by atoms with Gasteiger partial charge in [-0.05, 0) is 90.8 Å². The summed E-state index contributed by atoms with van der Waals surface area (Å²) in [7, 11) is 2.15. The SMILES string of the molecule is C=CCN(CCCCCCCCC)CCCCCCCCC.CC.CCCCC/C=C\CCN(CC/C=C\CCCCC)CCN(CC/C=C\CCCCC)CC(=O)N1CCN(C)CC1. The number of likely N-dealkylation sites (N-methyl/N-ethyl adjacent to an activating group) is 1. The van der Waals surface area contributed by atoms with Crippen molar-refractivity contribution in [1.29, 1.82) is 0 Å². The summed E-state index contributed by atoms with van der Waals surface area (Å²) in [5.41, 5.74) is 0. The van der Waals surface area contributed by atoms with Crippen molar-refractivity contribution >= 4 is 5.91 Å². The van der Waals surface area contributed by atoms with Crippen LogP contribution in [0.1, 0.15) is 235 Å². The topological polar surface area (TPSA) is 33.3 Å². The molecule has 1 amide bonds. The number of carbonyl (C=O) groups is 1. The Kier molecular flexibility index (Phi) is 55.2. The first-order chi connectivity index (χ1) is 31.9. The molecule has 1 fully saturated rings. The average Bonchev–Trinajstić information content (AvgIpc) is 3.32. The molecule has 1 aliphatic rings. The van der Waals surface area contributed by atoms with Crippen LogP contribution in [0.4, 0.5) is 0 Å². The van der Waals surface area contributed by atoms with Crippen LogP contribution in [-0.2, 0) is 4.79 Å². The highest BCUT2D eigenvalue weighted by Crippen LogP contribution is 2.11. The molecular weight excluding hydrogens is 795 g/mol. The standard InChI is InChI=1S/C36H68N4O.C21H43N.C2H6/c1-5-8-11-14-17-20-23-26-38(27-24-21-18-15-12-9-6-2)31-32-39(28-25-22-19-16-13-10-7-3)35-36(41)40-33-29-37(4)30-34-40;1-4-7-9-11-13-15-17-20-22(19-6-3)21-18-16-14-12-10-8-5-2;1-2/h17-22H,5-16,23-35H2,1-4H3;6H,3-5,7-21H2,1-2H3;1-2H3/b20-17-,21-18-,22-19-;;. The molecule has 0 unspecified atom stereocenters. The van der Waals surface area contributed by atoms with Gasteiger partial charge in [0.1, 0.15) is 0 Å². The molecule has 0 aromatic rings. The quantitative estimate of drug-likeness (QED) is 0.0449. The summed E-state index contributed by atoms with van der Waals surface area (Å²) in [6.07, 6.45) is 54.6.